The van der Waals surface area contributed by atoms with E-state index < -0.39 is 0 Å². The van der Waals surface area contributed by atoms with Gasteiger partial charge in [0.2, 0.25) is 0 Å². The minimum absolute atomic E-state index is 0.132. The van der Waals surface area contributed by atoms with Gasteiger partial charge >= 0.3 is 0 Å². The molecular weight excluding hydrogens is 378 g/mol. The molecule has 7 heteroatoms. The third kappa shape index (κ3) is 4.20. The highest BCUT2D eigenvalue weighted by Crippen LogP contribution is 2.28. The van der Waals surface area contributed by atoms with E-state index in [0.29, 0.717) is 21.3 Å². The van der Waals surface area contributed by atoms with Crippen molar-refractivity contribution >= 4 is 35.3 Å². The monoisotopic (exact) mass is 399 g/mol. The van der Waals surface area contributed by atoms with Gasteiger partial charge in [-0.15, -0.1) is 0 Å². The third-order valence-electron chi connectivity index (χ3n) is 4.10. The van der Waals surface area contributed by atoms with Crippen molar-refractivity contribution in [3.8, 4) is 11.4 Å². The molecule has 0 saturated carbocycles. The first-order valence-corrected chi connectivity index (χ1v) is 9.84. The lowest BCUT2D eigenvalue weighted by atomic mass is 10.1. The van der Waals surface area contributed by atoms with Gasteiger partial charge in [0.25, 0.3) is 5.91 Å². The summed E-state index contributed by atoms with van der Waals surface area (Å²) < 4.78 is 7.69. The number of anilines is 1. The van der Waals surface area contributed by atoms with E-state index in [1.165, 1.54) is 11.3 Å². The van der Waals surface area contributed by atoms with Crippen molar-refractivity contribution in [3.63, 3.8) is 0 Å². The fourth-order valence-electron chi connectivity index (χ4n) is 2.74. The van der Waals surface area contributed by atoms with E-state index in [-0.39, 0.29) is 11.9 Å². The van der Waals surface area contributed by atoms with E-state index in [1.807, 2.05) is 68.4 Å². The molecule has 2 aromatic carbocycles. The van der Waals surface area contributed by atoms with Crippen LogP contribution in [0.15, 0.2) is 54.6 Å². The van der Waals surface area contributed by atoms with Gasteiger partial charge in [-0.25, -0.2) is 0 Å². The lowest BCUT2D eigenvalue weighted by Crippen LogP contribution is -2.26. The molecule has 0 unspecified atom stereocenters. The number of amides is 1. The molecule has 0 aliphatic heterocycles. The van der Waals surface area contributed by atoms with Crippen molar-refractivity contribution < 1.29 is 9.53 Å². The molecule has 3 rings (SSSR count). The second-order valence-corrected chi connectivity index (χ2v) is 7.59. The third-order valence-corrected chi connectivity index (χ3v) is 5.49. The van der Waals surface area contributed by atoms with Crippen LogP contribution in [-0.2, 0) is 0 Å². The van der Waals surface area contributed by atoms with Crippen LogP contribution in [0, 0.1) is 3.95 Å². The number of nitrogen functional groups attached to an aromatic ring is 1. The van der Waals surface area contributed by atoms with Gasteiger partial charge in [-0.05, 0) is 55.9 Å². The number of benzene rings is 2. The molecule has 0 aliphatic carbocycles. The van der Waals surface area contributed by atoms with Crippen molar-refractivity contribution in [2.75, 3.05) is 12.3 Å². The Labute approximate surface area is 167 Å². The number of nitrogens with zero attached hydrogens (tertiary/aromatic N) is 1. The lowest BCUT2D eigenvalue weighted by molar-refractivity contribution is 0.0944. The molecule has 0 bridgehead atoms. The first-order valence-electron chi connectivity index (χ1n) is 8.61. The number of ether oxygens (including phenoxy) is 1. The van der Waals surface area contributed by atoms with Crippen molar-refractivity contribution in [2.24, 2.45) is 0 Å². The highest BCUT2D eigenvalue weighted by atomic mass is 32.1. The molecule has 1 amide bonds. The summed E-state index contributed by atoms with van der Waals surface area (Å²) >= 11 is 6.65. The number of nitrogens with two attached hydrogens (primary N) is 1. The molecule has 0 aliphatic rings. The molecule has 3 N–H and O–H groups in total. The van der Waals surface area contributed by atoms with Crippen LogP contribution in [0.1, 0.15) is 35.1 Å². The number of nitrogens with one attached hydrogen (secondary N) is 1. The minimum atomic E-state index is -0.232. The average molecular weight is 400 g/mol. The van der Waals surface area contributed by atoms with Gasteiger partial charge in [-0.3, -0.25) is 9.36 Å². The summed E-state index contributed by atoms with van der Waals surface area (Å²) in [5.41, 5.74) is 8.09. The zero-order valence-corrected chi connectivity index (χ0v) is 16.8. The van der Waals surface area contributed by atoms with Gasteiger partial charge < -0.3 is 15.8 Å². The van der Waals surface area contributed by atoms with E-state index in [0.717, 1.165) is 17.0 Å². The van der Waals surface area contributed by atoms with Crippen LogP contribution in [0.5, 0.6) is 5.75 Å². The zero-order valence-electron chi connectivity index (χ0n) is 15.1. The van der Waals surface area contributed by atoms with E-state index in [1.54, 1.807) is 4.57 Å². The molecule has 1 atom stereocenters. The Balaban J connectivity index is 1.84. The van der Waals surface area contributed by atoms with Crippen LogP contribution in [-0.4, -0.2) is 17.1 Å². The molecule has 1 heterocycles. The SMILES string of the molecule is CCOc1ccc(-n2c(N)c(C(=O)N[C@@H](C)c3ccccc3)sc2=S)cc1. The Morgan fingerprint density at radius 3 is 2.52 bits per heavy atom. The van der Waals surface area contributed by atoms with Gasteiger partial charge in [0, 0.05) is 5.69 Å². The Morgan fingerprint density at radius 2 is 1.89 bits per heavy atom. The molecule has 0 saturated heterocycles. The Kier molecular flexibility index (Phi) is 5.93. The topological polar surface area (TPSA) is 69.3 Å². The van der Waals surface area contributed by atoms with E-state index in [4.69, 9.17) is 22.7 Å². The number of carbonyl (C=O) groups is 1. The van der Waals surface area contributed by atoms with Gasteiger partial charge in [0.1, 0.15) is 16.4 Å². The van der Waals surface area contributed by atoms with Crippen LogP contribution in [0.2, 0.25) is 0 Å². The maximum Gasteiger partial charge on any atom is 0.265 e. The van der Waals surface area contributed by atoms with Crippen molar-refractivity contribution in [2.45, 2.75) is 19.9 Å². The standard InChI is InChI=1S/C20H21N3O2S2/c1-3-25-16-11-9-15(10-12-16)23-18(21)17(27-20(23)26)19(24)22-13(2)14-7-5-4-6-8-14/h4-13H,3,21H2,1-2H3,(H,22,24)/t13-/m0/s1. The molecule has 0 radical (unpaired) electrons. The summed E-state index contributed by atoms with van der Waals surface area (Å²) in [5, 5.41) is 2.98. The second kappa shape index (κ2) is 8.37. The predicted octanol–water partition coefficient (Wildman–Crippen LogP) is 4.74. The van der Waals surface area contributed by atoms with Crippen LogP contribution in [0.4, 0.5) is 5.82 Å². The van der Waals surface area contributed by atoms with Gasteiger partial charge in [-0.1, -0.05) is 41.7 Å². The summed E-state index contributed by atoms with van der Waals surface area (Å²) in [5.74, 6) is 0.882. The van der Waals surface area contributed by atoms with Gasteiger partial charge in [-0.2, -0.15) is 0 Å². The van der Waals surface area contributed by atoms with E-state index in [2.05, 4.69) is 5.32 Å². The number of hydrogen-bond donors (Lipinski definition) is 2. The van der Waals surface area contributed by atoms with Crippen LogP contribution in [0.3, 0.4) is 0 Å². The number of carbonyl (C=O) groups excluding carboxylic acids is 1. The van der Waals surface area contributed by atoms with Crippen LogP contribution >= 0.6 is 23.6 Å². The lowest BCUT2D eigenvalue weighted by Gasteiger charge is -2.14. The Morgan fingerprint density at radius 1 is 1.22 bits per heavy atom. The maximum atomic E-state index is 12.7. The largest absolute Gasteiger partial charge is 0.494 e. The molecule has 27 heavy (non-hydrogen) atoms. The van der Waals surface area contributed by atoms with Gasteiger partial charge in [0.15, 0.2) is 3.95 Å². The molecule has 140 valence electrons. The number of hydrogen-bond acceptors (Lipinski definition) is 5. The Bertz CT molecular complexity index is 979. The molecule has 0 spiro atoms. The quantitative estimate of drug-likeness (QED) is 0.588. The summed E-state index contributed by atoms with van der Waals surface area (Å²) in [6, 6.07) is 17.1. The summed E-state index contributed by atoms with van der Waals surface area (Å²) in [4.78, 5) is 13.1. The second-order valence-electron chi connectivity index (χ2n) is 5.95. The number of rotatable bonds is 6. The van der Waals surface area contributed by atoms with Crippen LogP contribution in [0.25, 0.3) is 5.69 Å². The van der Waals surface area contributed by atoms with Gasteiger partial charge in [0.05, 0.1) is 12.6 Å². The number of thiazole rings is 1. The highest BCUT2D eigenvalue weighted by Gasteiger charge is 2.20. The summed E-state index contributed by atoms with van der Waals surface area (Å²) in [7, 11) is 0. The smallest absolute Gasteiger partial charge is 0.265 e. The van der Waals surface area contributed by atoms with Crippen LogP contribution < -0.4 is 15.8 Å². The predicted molar refractivity (Wildman–Crippen MR) is 112 cm³/mol. The molecular formula is C20H21N3O2S2. The molecule has 5 nitrogen and oxygen atoms in total. The highest BCUT2D eigenvalue weighted by molar-refractivity contribution is 7.73. The maximum absolute atomic E-state index is 12.7. The summed E-state index contributed by atoms with van der Waals surface area (Å²) in [6.07, 6.45) is 0. The average Bonchev–Trinajstić information content (AvgIpc) is 2.98. The number of aromatic nitrogens is 1. The normalized spacial score (nSPS) is 11.8. The fourth-order valence-corrected chi connectivity index (χ4v) is 4.01. The first kappa shape index (κ1) is 19.1. The van der Waals surface area contributed by atoms with E-state index >= 15 is 0 Å². The van der Waals surface area contributed by atoms with Crippen molar-refractivity contribution in [1.29, 1.82) is 0 Å². The Hall–Kier alpha value is -2.64. The summed E-state index contributed by atoms with van der Waals surface area (Å²) in [6.45, 7) is 4.47. The molecule has 3 aromatic rings. The zero-order chi connectivity index (χ0) is 19.4. The van der Waals surface area contributed by atoms with Crippen molar-refractivity contribution in [3.05, 3.63) is 69.0 Å². The first-order chi connectivity index (χ1) is 13.0. The minimum Gasteiger partial charge on any atom is -0.494 e. The molecule has 0 fully saturated rings. The fraction of sp³-hybridized carbons (Fsp3) is 0.200. The van der Waals surface area contributed by atoms with Crippen molar-refractivity contribution in [1.82, 2.24) is 9.88 Å². The molecule has 1 aromatic heterocycles. The van der Waals surface area contributed by atoms with E-state index in [9.17, 15) is 4.79 Å².